The van der Waals surface area contributed by atoms with E-state index in [0.717, 1.165) is 0 Å². The lowest BCUT2D eigenvalue weighted by Gasteiger charge is -2.16. The van der Waals surface area contributed by atoms with E-state index in [4.69, 9.17) is 9.47 Å². The first kappa shape index (κ1) is 23.8. The number of amides is 1. The number of carbonyl (C=O) groups is 4. The molecule has 4 rings (SSSR count). The minimum atomic E-state index is -0.760. The maximum atomic E-state index is 12.4. The van der Waals surface area contributed by atoms with Gasteiger partial charge in [-0.05, 0) is 47.8 Å². The lowest BCUT2D eigenvalue weighted by Crippen LogP contribution is -2.27. The van der Waals surface area contributed by atoms with Gasteiger partial charge in [-0.3, -0.25) is 24.5 Å². The Labute approximate surface area is 202 Å². The van der Waals surface area contributed by atoms with E-state index in [1.165, 1.54) is 64.8 Å². The molecule has 0 aliphatic carbocycles. The number of hydrogen-bond donors (Lipinski definition) is 0. The molecule has 1 aromatic heterocycles. The molecule has 0 saturated carbocycles. The normalized spacial score (nSPS) is 15.0. The smallest absolute Gasteiger partial charge is 0.353 e. The highest BCUT2D eigenvalue weighted by atomic mass is 32.1. The molecule has 1 saturated heterocycles. The molecule has 11 heteroatoms. The number of non-ortho nitro benzene ring substituents is 1. The van der Waals surface area contributed by atoms with Crippen LogP contribution >= 0.6 is 11.3 Å². The highest BCUT2D eigenvalue weighted by Gasteiger charge is 2.36. The Balaban J connectivity index is 1.28. The molecular weight excluding hydrogens is 476 g/mol. The van der Waals surface area contributed by atoms with Crippen LogP contribution in [-0.2, 0) is 14.3 Å². The predicted octanol–water partition coefficient (Wildman–Crippen LogP) is 3.65. The van der Waals surface area contributed by atoms with Gasteiger partial charge in [0.2, 0.25) is 5.91 Å². The van der Waals surface area contributed by atoms with E-state index in [2.05, 4.69) is 0 Å². The molecule has 1 aliphatic rings. The Morgan fingerprint density at radius 1 is 1.06 bits per heavy atom. The Morgan fingerprint density at radius 2 is 1.77 bits per heavy atom. The van der Waals surface area contributed by atoms with E-state index in [-0.39, 0.29) is 35.9 Å². The maximum absolute atomic E-state index is 12.4. The average molecular weight is 494 g/mol. The number of esters is 2. The summed E-state index contributed by atoms with van der Waals surface area (Å²) in [5, 5.41) is 12.5. The number of benzene rings is 2. The quantitative estimate of drug-likeness (QED) is 0.152. The van der Waals surface area contributed by atoms with Crippen LogP contribution in [0.25, 0.3) is 0 Å². The Bertz CT molecular complexity index is 1270. The maximum Gasteiger partial charge on any atom is 0.353 e. The fourth-order valence-electron chi connectivity index (χ4n) is 3.47. The molecule has 1 fully saturated rings. The molecule has 2 aromatic carbocycles. The van der Waals surface area contributed by atoms with Crippen molar-refractivity contribution in [1.82, 2.24) is 0 Å². The summed E-state index contributed by atoms with van der Waals surface area (Å²) in [6.07, 6.45) is -0.0890. The van der Waals surface area contributed by atoms with Gasteiger partial charge in [-0.2, -0.15) is 0 Å². The van der Waals surface area contributed by atoms with Crippen LogP contribution in [0.3, 0.4) is 0 Å². The van der Waals surface area contributed by atoms with Crippen LogP contribution in [0, 0.1) is 16.0 Å². The van der Waals surface area contributed by atoms with Gasteiger partial charge in [-0.1, -0.05) is 6.07 Å². The standard InChI is InChI=1S/C24H18N2O8S/c27-20(15-3-9-19(10-4-15)34-24(30)21-2-1-11-35-21)14-33-23(29)16-12-22(28)25(13-16)17-5-7-18(8-6-17)26(31)32/h1-11,16H,12-14H2/t16-/m1/s1. The van der Waals surface area contributed by atoms with E-state index in [1.807, 2.05) is 0 Å². The summed E-state index contributed by atoms with van der Waals surface area (Å²) in [5.41, 5.74) is 0.596. The van der Waals surface area contributed by atoms with Crippen molar-refractivity contribution in [3.05, 3.63) is 86.6 Å². The number of hydrogen-bond acceptors (Lipinski definition) is 9. The minimum Gasteiger partial charge on any atom is -0.457 e. The van der Waals surface area contributed by atoms with Gasteiger partial charge in [0.15, 0.2) is 12.4 Å². The number of thiophene rings is 1. The highest BCUT2D eigenvalue weighted by molar-refractivity contribution is 7.12. The van der Waals surface area contributed by atoms with Crippen molar-refractivity contribution in [2.75, 3.05) is 18.1 Å². The summed E-state index contributed by atoms with van der Waals surface area (Å²) < 4.78 is 10.4. The van der Waals surface area contributed by atoms with Gasteiger partial charge in [0, 0.05) is 36.3 Å². The third-order valence-electron chi connectivity index (χ3n) is 5.29. The van der Waals surface area contributed by atoms with Gasteiger partial charge in [0.1, 0.15) is 10.6 Å². The summed E-state index contributed by atoms with van der Waals surface area (Å²) in [6, 6.07) is 14.7. The van der Waals surface area contributed by atoms with Crippen LogP contribution in [0.5, 0.6) is 5.75 Å². The van der Waals surface area contributed by atoms with Crippen molar-refractivity contribution in [1.29, 1.82) is 0 Å². The lowest BCUT2D eigenvalue weighted by atomic mass is 10.1. The van der Waals surface area contributed by atoms with E-state index in [0.29, 0.717) is 10.6 Å². The molecule has 0 spiro atoms. The van der Waals surface area contributed by atoms with Crippen molar-refractivity contribution in [2.24, 2.45) is 5.92 Å². The van der Waals surface area contributed by atoms with Crippen LogP contribution in [-0.4, -0.2) is 41.7 Å². The molecule has 0 N–H and O–H groups in total. The third-order valence-corrected chi connectivity index (χ3v) is 6.14. The number of ketones is 1. The summed E-state index contributed by atoms with van der Waals surface area (Å²) in [6.45, 7) is -0.455. The molecule has 0 unspecified atom stereocenters. The Kier molecular flexibility index (Phi) is 6.97. The van der Waals surface area contributed by atoms with Crippen molar-refractivity contribution in [3.8, 4) is 5.75 Å². The summed E-state index contributed by atoms with van der Waals surface area (Å²) in [5.74, 6) is -2.44. The van der Waals surface area contributed by atoms with Crippen LogP contribution in [0.2, 0.25) is 0 Å². The fraction of sp³-hybridized carbons (Fsp3) is 0.167. The van der Waals surface area contributed by atoms with Crippen LogP contribution in [0.1, 0.15) is 26.5 Å². The first-order chi connectivity index (χ1) is 16.8. The van der Waals surface area contributed by atoms with Crippen molar-refractivity contribution in [2.45, 2.75) is 6.42 Å². The zero-order valence-electron chi connectivity index (χ0n) is 18.1. The molecule has 1 amide bonds. The first-order valence-corrected chi connectivity index (χ1v) is 11.3. The molecule has 2 heterocycles. The topological polar surface area (TPSA) is 133 Å². The number of nitro groups is 1. The summed E-state index contributed by atoms with van der Waals surface area (Å²) in [4.78, 5) is 61.2. The van der Waals surface area contributed by atoms with E-state index in [9.17, 15) is 29.3 Å². The molecule has 178 valence electrons. The monoisotopic (exact) mass is 494 g/mol. The van der Waals surface area contributed by atoms with Crippen LogP contribution in [0.15, 0.2) is 66.0 Å². The van der Waals surface area contributed by atoms with Gasteiger partial charge < -0.3 is 14.4 Å². The largest absolute Gasteiger partial charge is 0.457 e. The van der Waals surface area contributed by atoms with Gasteiger partial charge in [-0.15, -0.1) is 11.3 Å². The molecule has 1 atom stereocenters. The van der Waals surface area contributed by atoms with Gasteiger partial charge in [0.05, 0.1) is 10.8 Å². The van der Waals surface area contributed by atoms with Crippen molar-refractivity contribution in [3.63, 3.8) is 0 Å². The summed E-state index contributed by atoms with van der Waals surface area (Å²) in [7, 11) is 0. The zero-order chi connectivity index (χ0) is 24.9. The average Bonchev–Trinajstić information content (AvgIpc) is 3.53. The highest BCUT2D eigenvalue weighted by Crippen LogP contribution is 2.27. The number of nitro benzene ring substituents is 1. The SMILES string of the molecule is O=C(COC(=O)[C@@H]1CC(=O)N(c2ccc([N+](=O)[O-])cc2)C1)c1ccc(OC(=O)c2cccs2)cc1. The number of nitrogens with zero attached hydrogens (tertiary/aromatic N) is 2. The molecular formula is C24H18N2O8S. The molecule has 0 bridgehead atoms. The molecule has 10 nitrogen and oxygen atoms in total. The van der Waals surface area contributed by atoms with E-state index >= 15 is 0 Å². The second-order valence-corrected chi connectivity index (χ2v) is 8.55. The number of anilines is 1. The van der Waals surface area contributed by atoms with Gasteiger partial charge >= 0.3 is 11.9 Å². The molecule has 35 heavy (non-hydrogen) atoms. The van der Waals surface area contributed by atoms with Gasteiger partial charge in [-0.25, -0.2) is 4.79 Å². The number of carbonyl (C=O) groups excluding carboxylic acids is 4. The van der Waals surface area contributed by atoms with Crippen molar-refractivity contribution >= 4 is 46.3 Å². The molecule has 1 aliphatic heterocycles. The lowest BCUT2D eigenvalue weighted by molar-refractivity contribution is -0.384. The second kappa shape index (κ2) is 10.3. The Morgan fingerprint density at radius 3 is 2.40 bits per heavy atom. The minimum absolute atomic E-state index is 0.0496. The molecule has 3 aromatic rings. The van der Waals surface area contributed by atoms with E-state index in [1.54, 1.807) is 17.5 Å². The third kappa shape index (κ3) is 5.58. The molecule has 0 radical (unpaired) electrons. The first-order valence-electron chi connectivity index (χ1n) is 10.4. The van der Waals surface area contributed by atoms with Gasteiger partial charge in [0.25, 0.3) is 5.69 Å². The summed E-state index contributed by atoms with van der Waals surface area (Å²) >= 11 is 1.25. The second-order valence-electron chi connectivity index (χ2n) is 7.60. The van der Waals surface area contributed by atoms with Crippen LogP contribution < -0.4 is 9.64 Å². The number of Topliss-reactive ketones (excluding diaryl/α,β-unsaturated/α-hetero) is 1. The van der Waals surface area contributed by atoms with Crippen LogP contribution in [0.4, 0.5) is 11.4 Å². The van der Waals surface area contributed by atoms with E-state index < -0.39 is 35.2 Å². The fourth-order valence-corrected chi connectivity index (χ4v) is 4.07. The number of ether oxygens (including phenoxy) is 2. The Hall–Kier alpha value is -4.38. The predicted molar refractivity (Wildman–Crippen MR) is 125 cm³/mol. The number of rotatable bonds is 8. The van der Waals surface area contributed by atoms with Crippen molar-refractivity contribution < 1.29 is 33.6 Å². The zero-order valence-corrected chi connectivity index (χ0v) is 18.9.